The summed E-state index contributed by atoms with van der Waals surface area (Å²) in [7, 11) is 3.40. The van der Waals surface area contributed by atoms with Crippen LogP contribution in [0.4, 0.5) is 0 Å². The number of carboxylic acid groups (broad SMARTS) is 2. The predicted octanol–water partition coefficient (Wildman–Crippen LogP) is -1.36. The van der Waals surface area contributed by atoms with Gasteiger partial charge >= 0.3 is 29.8 Å². The second kappa shape index (κ2) is 11.6. The second-order valence-corrected chi connectivity index (χ2v) is 11.5. The SMILES string of the molecule is COc1ccc2c3c1O[C@H]1C(OC(=O)CC(OC(=O)[C@H](O)[C@@H](O)C(=O)O)C(=O)O[C@@H](C)C(=O)O)=CC[C@@]4(O)[C@@H](C2)N(C)CC[C@]314. The van der Waals surface area contributed by atoms with Gasteiger partial charge < -0.3 is 54.1 Å². The summed E-state index contributed by atoms with van der Waals surface area (Å²) in [4.78, 5) is 62.6. The van der Waals surface area contributed by atoms with E-state index < -0.39 is 77.8 Å². The summed E-state index contributed by atoms with van der Waals surface area (Å²) in [5.41, 5.74) is -0.609. The number of carboxylic acids is 2. The normalized spacial score (nSPS) is 28.6. The van der Waals surface area contributed by atoms with E-state index in [1.54, 1.807) is 6.07 Å². The number of likely N-dealkylation sites (tertiary alicyclic amines) is 1. The first-order valence-electron chi connectivity index (χ1n) is 14.1. The molecule has 4 aliphatic rings. The van der Waals surface area contributed by atoms with Crippen LogP contribution in [0.15, 0.2) is 24.0 Å². The highest BCUT2D eigenvalue weighted by Crippen LogP contribution is 2.65. The minimum atomic E-state index is -2.65. The topological polar surface area (TPSA) is 236 Å². The van der Waals surface area contributed by atoms with E-state index in [0.29, 0.717) is 30.9 Å². The zero-order chi connectivity index (χ0) is 33.0. The Morgan fingerprint density at radius 2 is 1.78 bits per heavy atom. The van der Waals surface area contributed by atoms with Crippen molar-refractivity contribution < 1.29 is 73.2 Å². The van der Waals surface area contributed by atoms with Gasteiger partial charge in [-0.15, -0.1) is 0 Å². The molecule has 0 saturated carbocycles. The molecule has 2 bridgehead atoms. The van der Waals surface area contributed by atoms with Gasteiger partial charge in [0.05, 0.1) is 24.5 Å². The van der Waals surface area contributed by atoms with Crippen molar-refractivity contribution in [1.29, 1.82) is 0 Å². The number of hydrogen-bond donors (Lipinski definition) is 5. The molecule has 5 rings (SSSR count). The van der Waals surface area contributed by atoms with E-state index in [0.717, 1.165) is 18.1 Å². The largest absolute Gasteiger partial charge is 0.493 e. The maximum atomic E-state index is 13.3. The summed E-state index contributed by atoms with van der Waals surface area (Å²) < 4.78 is 27.1. The average molecular weight is 636 g/mol. The van der Waals surface area contributed by atoms with Crippen molar-refractivity contribution in [3.63, 3.8) is 0 Å². The number of carbonyl (C=O) groups is 5. The van der Waals surface area contributed by atoms with Gasteiger partial charge in [0.15, 0.2) is 35.9 Å². The lowest BCUT2D eigenvalue weighted by Gasteiger charge is -2.61. The summed E-state index contributed by atoms with van der Waals surface area (Å²) in [6.45, 7) is 1.59. The molecule has 0 aromatic heterocycles. The summed E-state index contributed by atoms with van der Waals surface area (Å²) in [5, 5.41) is 49.6. The number of rotatable bonds is 11. The van der Waals surface area contributed by atoms with E-state index in [1.807, 2.05) is 13.1 Å². The van der Waals surface area contributed by atoms with Crippen molar-refractivity contribution in [3.8, 4) is 11.5 Å². The van der Waals surface area contributed by atoms with Gasteiger partial charge in [-0.05, 0) is 51.1 Å². The van der Waals surface area contributed by atoms with Crippen molar-refractivity contribution >= 4 is 29.8 Å². The van der Waals surface area contributed by atoms with Crippen molar-refractivity contribution in [1.82, 2.24) is 4.90 Å². The molecule has 2 aliphatic carbocycles. The molecule has 5 N–H and O–H groups in total. The van der Waals surface area contributed by atoms with Crippen LogP contribution in [0, 0.1) is 0 Å². The molecule has 8 atom stereocenters. The first-order valence-corrected chi connectivity index (χ1v) is 14.1. The van der Waals surface area contributed by atoms with E-state index in [9.17, 15) is 39.3 Å². The molecule has 1 aromatic rings. The van der Waals surface area contributed by atoms with Crippen molar-refractivity contribution in [2.45, 2.75) is 80.2 Å². The Bertz CT molecular complexity index is 1470. The van der Waals surface area contributed by atoms with E-state index >= 15 is 0 Å². The highest BCUT2D eigenvalue weighted by molar-refractivity contribution is 5.89. The van der Waals surface area contributed by atoms with Crippen LogP contribution in [0.5, 0.6) is 11.5 Å². The smallest absolute Gasteiger partial charge is 0.348 e. The standard InChI is InChI=1S/C29H33NO15/c1-12(24(34)35)42-26(38)16(44-27(39)21(33)20(32)25(36)37)11-18(31)43-15-6-7-29(40)17-10-13-4-5-14(41-3)22-19(13)28(29,23(15)45-22)8-9-30(17)2/h4-6,12,16-17,20-21,23,32-33,40H,7-11H2,1-3H3,(H,34,35)(H,36,37)/t12-,16?,17+,20+,21+,23-,28-,29+/m0/s1. The van der Waals surface area contributed by atoms with Gasteiger partial charge in [-0.1, -0.05) is 6.07 Å². The summed E-state index contributed by atoms with van der Waals surface area (Å²) in [6, 6.07) is 3.40. The van der Waals surface area contributed by atoms with Crippen LogP contribution in [0.1, 0.15) is 37.3 Å². The van der Waals surface area contributed by atoms with Crippen LogP contribution in [-0.4, -0.2) is 123 Å². The fraction of sp³-hybridized carbons (Fsp3) is 0.552. The van der Waals surface area contributed by atoms with Crippen LogP contribution < -0.4 is 9.47 Å². The zero-order valence-corrected chi connectivity index (χ0v) is 24.5. The number of methoxy groups -OCH3 is 1. The Kier molecular flexibility index (Phi) is 8.28. The average Bonchev–Trinajstić information content (AvgIpc) is 3.35. The number of aliphatic carboxylic acids is 2. The number of nitrogens with zero attached hydrogens (tertiary/aromatic N) is 1. The maximum Gasteiger partial charge on any atom is 0.348 e. The van der Waals surface area contributed by atoms with Gasteiger partial charge in [-0.25, -0.2) is 19.2 Å². The van der Waals surface area contributed by atoms with Crippen molar-refractivity contribution in [2.24, 2.45) is 0 Å². The van der Waals surface area contributed by atoms with Gasteiger partial charge in [0.1, 0.15) is 5.76 Å². The minimum Gasteiger partial charge on any atom is -0.493 e. The number of hydrogen-bond acceptors (Lipinski definition) is 14. The maximum absolute atomic E-state index is 13.3. The van der Waals surface area contributed by atoms with Gasteiger partial charge in [-0.2, -0.15) is 0 Å². The third-order valence-electron chi connectivity index (χ3n) is 9.10. The first-order chi connectivity index (χ1) is 21.2. The molecule has 1 aromatic carbocycles. The lowest BCUT2D eigenvalue weighted by molar-refractivity contribution is -0.186. The number of benzene rings is 1. The van der Waals surface area contributed by atoms with E-state index in [-0.39, 0.29) is 18.2 Å². The molecule has 2 heterocycles. The monoisotopic (exact) mass is 635 g/mol. The van der Waals surface area contributed by atoms with Gasteiger partial charge in [0, 0.05) is 18.0 Å². The lowest BCUT2D eigenvalue weighted by Crippen LogP contribution is -2.74. The molecule has 16 nitrogen and oxygen atoms in total. The Morgan fingerprint density at radius 3 is 2.42 bits per heavy atom. The van der Waals surface area contributed by atoms with Gasteiger partial charge in [-0.3, -0.25) is 4.79 Å². The molecule has 1 fully saturated rings. The van der Waals surface area contributed by atoms with Gasteiger partial charge in [0.2, 0.25) is 6.10 Å². The van der Waals surface area contributed by atoms with Crippen LogP contribution in [0.3, 0.4) is 0 Å². The van der Waals surface area contributed by atoms with E-state index in [1.165, 1.54) is 13.2 Å². The quantitative estimate of drug-likeness (QED) is 0.139. The van der Waals surface area contributed by atoms with Crippen LogP contribution >= 0.6 is 0 Å². The van der Waals surface area contributed by atoms with Gasteiger partial charge in [0.25, 0.3) is 0 Å². The number of likely N-dealkylation sites (N-methyl/N-ethyl adjacent to an activating group) is 1. The molecule has 1 saturated heterocycles. The summed E-state index contributed by atoms with van der Waals surface area (Å²) in [5.74, 6) is -7.16. The summed E-state index contributed by atoms with van der Waals surface area (Å²) >= 11 is 0. The Morgan fingerprint density at radius 1 is 1.07 bits per heavy atom. The highest BCUT2D eigenvalue weighted by Gasteiger charge is 2.72. The molecule has 1 spiro atoms. The van der Waals surface area contributed by atoms with Crippen molar-refractivity contribution in [3.05, 3.63) is 35.1 Å². The molecule has 244 valence electrons. The summed E-state index contributed by atoms with van der Waals surface area (Å²) in [6.07, 6.45) is -8.68. The number of piperidine rings is 1. The number of esters is 3. The first kappa shape index (κ1) is 32.2. The second-order valence-electron chi connectivity index (χ2n) is 11.5. The number of aliphatic hydroxyl groups excluding tert-OH is 2. The molecular formula is C29H33NO15. The fourth-order valence-electron chi connectivity index (χ4n) is 6.86. The third-order valence-corrected chi connectivity index (χ3v) is 9.10. The lowest BCUT2D eigenvalue weighted by atomic mass is 9.50. The number of carbonyl (C=O) groups excluding carboxylic acids is 3. The Balaban J connectivity index is 1.42. The van der Waals surface area contributed by atoms with Crippen molar-refractivity contribution in [2.75, 3.05) is 20.7 Å². The molecule has 45 heavy (non-hydrogen) atoms. The molecule has 1 unspecified atom stereocenters. The third kappa shape index (κ3) is 5.07. The molecule has 2 aliphatic heterocycles. The zero-order valence-electron chi connectivity index (χ0n) is 24.5. The molecule has 16 heteroatoms. The molecular weight excluding hydrogens is 602 g/mol. The number of aliphatic hydroxyl groups is 3. The van der Waals surface area contributed by atoms with E-state index in [4.69, 9.17) is 33.9 Å². The minimum absolute atomic E-state index is 0.0118. The van der Waals surface area contributed by atoms with Crippen LogP contribution in [0.25, 0.3) is 0 Å². The Labute approximate surface area is 255 Å². The highest BCUT2D eigenvalue weighted by atomic mass is 16.6. The predicted molar refractivity (Wildman–Crippen MR) is 145 cm³/mol. The van der Waals surface area contributed by atoms with E-state index in [2.05, 4.69) is 4.90 Å². The number of ether oxygens (including phenoxy) is 5. The Hall–Kier alpha value is -4.25. The van der Waals surface area contributed by atoms with Crippen LogP contribution in [-0.2, 0) is 50.0 Å². The molecule has 0 amide bonds. The molecule has 0 radical (unpaired) electrons. The fourth-order valence-corrected chi connectivity index (χ4v) is 6.86. The van der Waals surface area contributed by atoms with Crippen LogP contribution in [0.2, 0.25) is 0 Å².